The molecule has 0 saturated heterocycles. The Balaban J connectivity index is 2.26. The molecule has 0 aliphatic heterocycles. The van der Waals surface area contributed by atoms with Gasteiger partial charge in [-0.05, 0) is 31.6 Å². The molecule has 2 fully saturated rings. The van der Waals surface area contributed by atoms with E-state index in [1.165, 1.54) is 0 Å². The smallest absolute Gasteiger partial charge is 0.149 e. The summed E-state index contributed by atoms with van der Waals surface area (Å²) in [5, 5.41) is 0. The van der Waals surface area contributed by atoms with Gasteiger partial charge in [-0.25, -0.2) is 0 Å². The molecule has 0 amide bonds. The molecule has 3 nitrogen and oxygen atoms in total. The average molecular weight is 238 g/mol. The Morgan fingerprint density at radius 3 is 2.65 bits per heavy atom. The van der Waals surface area contributed by atoms with E-state index in [1.54, 1.807) is 14.2 Å². The van der Waals surface area contributed by atoms with E-state index < -0.39 is 5.41 Å². The summed E-state index contributed by atoms with van der Waals surface area (Å²) in [6, 6.07) is 0. The van der Waals surface area contributed by atoms with Crippen LogP contribution >= 0.6 is 0 Å². The van der Waals surface area contributed by atoms with Gasteiger partial charge >= 0.3 is 0 Å². The summed E-state index contributed by atoms with van der Waals surface area (Å²) in [4.78, 5) is 12.5. The molecule has 17 heavy (non-hydrogen) atoms. The summed E-state index contributed by atoms with van der Waals surface area (Å²) in [6.07, 6.45) is 1.95. The van der Waals surface area contributed by atoms with Gasteiger partial charge in [0.15, 0.2) is 0 Å². The number of ketones is 1. The first-order valence-electron chi connectivity index (χ1n) is 6.26. The number of rotatable bonds is 3. The monoisotopic (exact) mass is 238 g/mol. The van der Waals surface area contributed by atoms with Crippen molar-refractivity contribution in [2.45, 2.75) is 32.8 Å². The summed E-state index contributed by atoms with van der Waals surface area (Å²) in [7, 11) is 3.33. The third-order valence-corrected chi connectivity index (χ3v) is 4.78. The van der Waals surface area contributed by atoms with Gasteiger partial charge in [0.05, 0.1) is 18.6 Å². The maximum Gasteiger partial charge on any atom is 0.149 e. The molecular formula is C14H22O3. The fourth-order valence-corrected chi connectivity index (χ4v) is 3.79. The Labute approximate surface area is 103 Å². The lowest BCUT2D eigenvalue weighted by atomic mass is 9.82. The largest absolute Gasteiger partial charge is 0.501 e. The molecule has 0 heterocycles. The molecule has 2 aliphatic rings. The van der Waals surface area contributed by atoms with Crippen LogP contribution in [0, 0.1) is 23.2 Å². The lowest BCUT2D eigenvalue weighted by Gasteiger charge is -2.27. The van der Waals surface area contributed by atoms with E-state index >= 15 is 0 Å². The van der Waals surface area contributed by atoms with E-state index in [0.717, 1.165) is 12.8 Å². The zero-order valence-corrected chi connectivity index (χ0v) is 11.2. The average Bonchev–Trinajstić information content (AvgIpc) is 2.74. The first-order valence-corrected chi connectivity index (χ1v) is 6.26. The summed E-state index contributed by atoms with van der Waals surface area (Å²) < 4.78 is 10.8. The number of ether oxygens (including phenoxy) is 2. The predicted molar refractivity (Wildman–Crippen MR) is 65.4 cm³/mol. The fourth-order valence-electron chi connectivity index (χ4n) is 3.79. The van der Waals surface area contributed by atoms with Crippen molar-refractivity contribution >= 4 is 5.78 Å². The highest BCUT2D eigenvalue weighted by Gasteiger charge is 2.58. The number of methoxy groups -OCH3 is 2. The highest BCUT2D eigenvalue weighted by Crippen LogP contribution is 2.55. The molecule has 0 N–H and O–H groups in total. The van der Waals surface area contributed by atoms with E-state index in [-0.39, 0.29) is 12.0 Å². The van der Waals surface area contributed by atoms with Crippen LogP contribution in [-0.4, -0.2) is 26.1 Å². The van der Waals surface area contributed by atoms with Crippen LogP contribution in [0.15, 0.2) is 12.3 Å². The maximum atomic E-state index is 12.5. The molecule has 0 spiro atoms. The van der Waals surface area contributed by atoms with Crippen LogP contribution in [0.2, 0.25) is 0 Å². The van der Waals surface area contributed by atoms with Crippen molar-refractivity contribution in [2.24, 2.45) is 23.2 Å². The van der Waals surface area contributed by atoms with Crippen molar-refractivity contribution < 1.29 is 14.3 Å². The molecule has 0 aromatic rings. The van der Waals surface area contributed by atoms with Gasteiger partial charge in [-0.3, -0.25) is 4.79 Å². The first-order chi connectivity index (χ1) is 7.95. The van der Waals surface area contributed by atoms with E-state index in [9.17, 15) is 4.79 Å². The number of fused-ring (bicyclic) bond motifs is 1. The zero-order valence-electron chi connectivity index (χ0n) is 11.2. The van der Waals surface area contributed by atoms with E-state index in [2.05, 4.69) is 13.5 Å². The minimum absolute atomic E-state index is 0.131. The lowest BCUT2D eigenvalue weighted by Crippen LogP contribution is -2.29. The molecule has 0 radical (unpaired) electrons. The van der Waals surface area contributed by atoms with Crippen LogP contribution in [0.5, 0.6) is 0 Å². The first kappa shape index (κ1) is 12.6. The van der Waals surface area contributed by atoms with Gasteiger partial charge in [0.2, 0.25) is 0 Å². The van der Waals surface area contributed by atoms with Gasteiger partial charge in [-0.2, -0.15) is 0 Å². The van der Waals surface area contributed by atoms with Crippen LogP contribution in [0.25, 0.3) is 0 Å². The summed E-state index contributed by atoms with van der Waals surface area (Å²) in [6.45, 7) is 8.01. The van der Waals surface area contributed by atoms with Crippen molar-refractivity contribution in [1.82, 2.24) is 0 Å². The molecule has 2 saturated carbocycles. The minimum Gasteiger partial charge on any atom is -0.501 e. The molecule has 2 aliphatic carbocycles. The lowest BCUT2D eigenvalue weighted by molar-refractivity contribution is -0.128. The molecule has 0 bridgehead atoms. The molecule has 2 rings (SSSR count). The summed E-state index contributed by atoms with van der Waals surface area (Å²) >= 11 is 0. The van der Waals surface area contributed by atoms with Crippen molar-refractivity contribution in [3.63, 3.8) is 0 Å². The van der Waals surface area contributed by atoms with Crippen molar-refractivity contribution in [3.8, 4) is 0 Å². The topological polar surface area (TPSA) is 35.5 Å². The SMILES string of the molecule is C=C(OC)[C@@]1(C)C[C@@H]2[C@@H](OC)[C@H](C)C[C@@H]2C1=O. The minimum atomic E-state index is -0.513. The number of Topliss-reactive ketones (excluding diaryl/α,β-unsaturated/α-hetero) is 1. The Kier molecular flexibility index (Phi) is 3.06. The highest BCUT2D eigenvalue weighted by molar-refractivity contribution is 5.92. The standard InChI is InChI=1S/C14H22O3/c1-8-6-10-11(12(8)17-5)7-14(3,13(10)15)9(2)16-4/h8,10-12H,2,6-7H2,1,3-5H3/t8-,10+,11+,12+,14-/m1/s1. The Hall–Kier alpha value is -0.830. The Morgan fingerprint density at radius 1 is 1.47 bits per heavy atom. The molecule has 3 heteroatoms. The number of carbonyl (C=O) groups is 1. The third kappa shape index (κ3) is 1.63. The second-order valence-corrected chi connectivity index (χ2v) is 5.71. The van der Waals surface area contributed by atoms with Gasteiger partial charge in [-0.1, -0.05) is 13.5 Å². The van der Waals surface area contributed by atoms with Crippen LogP contribution in [-0.2, 0) is 14.3 Å². The molecule has 0 aromatic heterocycles. The van der Waals surface area contributed by atoms with E-state index in [0.29, 0.717) is 23.4 Å². The van der Waals surface area contributed by atoms with Crippen LogP contribution in [0.4, 0.5) is 0 Å². The number of hydrogen-bond donors (Lipinski definition) is 0. The molecule has 5 atom stereocenters. The van der Waals surface area contributed by atoms with Gasteiger partial charge in [-0.15, -0.1) is 0 Å². The number of allylic oxidation sites excluding steroid dienone is 1. The Bertz CT molecular complexity index is 349. The predicted octanol–water partition coefficient (Wildman–Crippen LogP) is 2.41. The number of carbonyl (C=O) groups excluding carboxylic acids is 1. The zero-order chi connectivity index (χ0) is 12.8. The van der Waals surface area contributed by atoms with Gasteiger partial charge in [0.25, 0.3) is 0 Å². The summed E-state index contributed by atoms with van der Waals surface area (Å²) in [5.41, 5.74) is -0.513. The molecule has 0 unspecified atom stereocenters. The van der Waals surface area contributed by atoms with E-state index in [1.807, 2.05) is 6.92 Å². The van der Waals surface area contributed by atoms with Gasteiger partial charge < -0.3 is 9.47 Å². The molecular weight excluding hydrogens is 216 g/mol. The second-order valence-electron chi connectivity index (χ2n) is 5.71. The highest BCUT2D eigenvalue weighted by atomic mass is 16.5. The molecule has 96 valence electrons. The van der Waals surface area contributed by atoms with Gasteiger partial charge in [0, 0.05) is 13.0 Å². The summed E-state index contributed by atoms with van der Waals surface area (Å²) in [5.74, 6) is 1.82. The molecule has 0 aromatic carbocycles. The third-order valence-electron chi connectivity index (χ3n) is 4.78. The van der Waals surface area contributed by atoms with Gasteiger partial charge in [0.1, 0.15) is 11.5 Å². The van der Waals surface area contributed by atoms with Crippen molar-refractivity contribution in [3.05, 3.63) is 12.3 Å². The number of hydrogen-bond acceptors (Lipinski definition) is 3. The second kappa shape index (κ2) is 4.13. The normalized spacial score (nSPS) is 44.8. The maximum absolute atomic E-state index is 12.5. The van der Waals surface area contributed by atoms with E-state index in [4.69, 9.17) is 9.47 Å². The van der Waals surface area contributed by atoms with Crippen molar-refractivity contribution in [2.75, 3.05) is 14.2 Å². The van der Waals surface area contributed by atoms with Crippen LogP contribution < -0.4 is 0 Å². The quantitative estimate of drug-likeness (QED) is 0.708. The van der Waals surface area contributed by atoms with Crippen LogP contribution in [0.1, 0.15) is 26.7 Å². The fraction of sp³-hybridized carbons (Fsp3) is 0.786. The van der Waals surface area contributed by atoms with Crippen molar-refractivity contribution in [1.29, 1.82) is 0 Å². The Morgan fingerprint density at radius 2 is 2.12 bits per heavy atom. The van der Waals surface area contributed by atoms with Crippen LogP contribution in [0.3, 0.4) is 0 Å².